The van der Waals surface area contributed by atoms with Crippen molar-refractivity contribution in [3.63, 3.8) is 0 Å². The summed E-state index contributed by atoms with van der Waals surface area (Å²) in [5, 5.41) is 11.3. The van der Waals surface area contributed by atoms with Gasteiger partial charge in [-0.2, -0.15) is 0 Å². The fourth-order valence-electron chi connectivity index (χ4n) is 2.24. The van der Waals surface area contributed by atoms with Crippen molar-refractivity contribution in [2.75, 3.05) is 0 Å². The topological polar surface area (TPSA) is 20.2 Å². The Morgan fingerprint density at radius 3 is 2.71 bits per heavy atom. The van der Waals surface area contributed by atoms with Crippen molar-refractivity contribution in [3.8, 4) is 0 Å². The number of hydrogen-bond acceptors (Lipinski definition) is 1. The van der Waals surface area contributed by atoms with Gasteiger partial charge < -0.3 is 5.11 Å². The van der Waals surface area contributed by atoms with Crippen molar-refractivity contribution in [3.05, 3.63) is 46.0 Å². The third-order valence-electron chi connectivity index (χ3n) is 3.28. The molecule has 1 aliphatic rings. The van der Waals surface area contributed by atoms with E-state index < -0.39 is 0 Å². The second-order valence-electron chi connectivity index (χ2n) is 4.56. The zero-order chi connectivity index (χ0) is 12.3. The van der Waals surface area contributed by atoms with Crippen LogP contribution < -0.4 is 0 Å². The summed E-state index contributed by atoms with van der Waals surface area (Å²) in [7, 11) is 0. The van der Waals surface area contributed by atoms with Crippen LogP contribution in [0.5, 0.6) is 0 Å². The Labute approximate surface area is 112 Å². The molecule has 3 heteroatoms. The highest BCUT2D eigenvalue weighted by atomic mass is 35.5. The van der Waals surface area contributed by atoms with E-state index in [1.54, 1.807) is 6.07 Å². The molecule has 0 spiro atoms. The summed E-state index contributed by atoms with van der Waals surface area (Å²) in [6.07, 6.45) is 7.81. The van der Waals surface area contributed by atoms with Crippen molar-refractivity contribution >= 4 is 23.2 Å². The molecule has 2 rings (SSSR count). The lowest BCUT2D eigenvalue weighted by Gasteiger charge is -2.23. The highest BCUT2D eigenvalue weighted by Gasteiger charge is 2.19. The molecule has 1 nitrogen and oxygen atoms in total. The lowest BCUT2D eigenvalue weighted by Crippen LogP contribution is -2.23. The first-order chi connectivity index (χ1) is 8.16. The number of benzene rings is 1. The summed E-state index contributed by atoms with van der Waals surface area (Å²) in [4.78, 5) is 0. The fourth-order valence-corrected chi connectivity index (χ4v) is 2.56. The Bertz CT molecular complexity index is 415. The van der Waals surface area contributed by atoms with Gasteiger partial charge in [-0.1, -0.05) is 41.4 Å². The van der Waals surface area contributed by atoms with Crippen LogP contribution in [0.25, 0.3) is 0 Å². The maximum absolute atomic E-state index is 10.2. The number of allylic oxidation sites excluding steroid dienone is 2. The monoisotopic (exact) mass is 270 g/mol. The molecule has 0 bridgehead atoms. The van der Waals surface area contributed by atoms with Gasteiger partial charge in [0.15, 0.2) is 0 Å². The molecule has 0 fully saturated rings. The minimum atomic E-state index is -0.294. The average Bonchev–Trinajstić information content (AvgIpc) is 2.35. The van der Waals surface area contributed by atoms with E-state index in [1.165, 1.54) is 0 Å². The highest BCUT2D eigenvalue weighted by Crippen LogP contribution is 2.27. The van der Waals surface area contributed by atoms with Crippen LogP contribution in [-0.4, -0.2) is 11.2 Å². The van der Waals surface area contributed by atoms with E-state index in [0.717, 1.165) is 24.8 Å². The molecule has 1 aromatic carbocycles. The molecule has 1 aromatic rings. The number of rotatable bonds is 3. The van der Waals surface area contributed by atoms with E-state index >= 15 is 0 Å². The molecule has 0 amide bonds. The fraction of sp³-hybridized carbons (Fsp3) is 0.429. The molecule has 1 aliphatic carbocycles. The summed E-state index contributed by atoms with van der Waals surface area (Å²) < 4.78 is 0. The smallest absolute Gasteiger partial charge is 0.0611 e. The van der Waals surface area contributed by atoms with Gasteiger partial charge in [0.05, 0.1) is 16.1 Å². The lowest BCUT2D eigenvalue weighted by atomic mass is 9.86. The summed E-state index contributed by atoms with van der Waals surface area (Å²) in [6.45, 7) is 0. The third kappa shape index (κ3) is 3.48. The quantitative estimate of drug-likeness (QED) is 0.815. The van der Waals surface area contributed by atoms with E-state index in [4.69, 9.17) is 23.2 Å². The molecular formula is C14H16Cl2O. The van der Waals surface area contributed by atoms with Crippen LogP contribution in [0.1, 0.15) is 24.8 Å². The first-order valence-corrected chi connectivity index (χ1v) is 6.69. The van der Waals surface area contributed by atoms with E-state index in [1.807, 2.05) is 12.1 Å². The minimum Gasteiger partial charge on any atom is -0.392 e. The SMILES string of the molecule is OC(Cc1ccc(Cl)c(Cl)c1)C1CC=CCC1. The van der Waals surface area contributed by atoms with Gasteiger partial charge in [0.1, 0.15) is 0 Å². The predicted molar refractivity (Wildman–Crippen MR) is 72.7 cm³/mol. The van der Waals surface area contributed by atoms with Gasteiger partial charge in [0.2, 0.25) is 0 Å². The van der Waals surface area contributed by atoms with Gasteiger partial charge in [-0.3, -0.25) is 0 Å². The van der Waals surface area contributed by atoms with Crippen molar-refractivity contribution in [2.24, 2.45) is 5.92 Å². The first-order valence-electron chi connectivity index (χ1n) is 5.94. The molecule has 0 aliphatic heterocycles. The van der Waals surface area contributed by atoms with Gasteiger partial charge in [0, 0.05) is 0 Å². The Kier molecular flexibility index (Phi) is 4.49. The van der Waals surface area contributed by atoms with Gasteiger partial charge in [-0.15, -0.1) is 0 Å². The van der Waals surface area contributed by atoms with Crippen LogP contribution in [0.4, 0.5) is 0 Å². The van der Waals surface area contributed by atoms with E-state index in [9.17, 15) is 5.11 Å². The Morgan fingerprint density at radius 1 is 1.24 bits per heavy atom. The summed E-state index contributed by atoms with van der Waals surface area (Å²) >= 11 is 11.8. The minimum absolute atomic E-state index is 0.294. The maximum atomic E-state index is 10.2. The molecule has 2 unspecified atom stereocenters. The van der Waals surface area contributed by atoms with Crippen LogP contribution in [0.15, 0.2) is 30.4 Å². The van der Waals surface area contributed by atoms with Crippen molar-refractivity contribution in [2.45, 2.75) is 31.8 Å². The zero-order valence-corrected chi connectivity index (χ0v) is 11.1. The van der Waals surface area contributed by atoms with E-state index in [2.05, 4.69) is 12.2 Å². The molecule has 0 saturated heterocycles. The van der Waals surface area contributed by atoms with E-state index in [-0.39, 0.29) is 6.10 Å². The van der Waals surface area contributed by atoms with Crippen LogP contribution in [0.2, 0.25) is 10.0 Å². The summed E-state index contributed by atoms with van der Waals surface area (Å²) in [5.74, 6) is 0.370. The standard InChI is InChI=1S/C14H16Cl2O/c15-12-7-6-10(8-13(12)16)9-14(17)11-4-2-1-3-5-11/h1-2,6-8,11,14,17H,3-5,9H2. The molecular weight excluding hydrogens is 255 g/mol. The highest BCUT2D eigenvalue weighted by molar-refractivity contribution is 6.42. The molecule has 1 N–H and O–H groups in total. The van der Waals surface area contributed by atoms with Crippen LogP contribution in [0, 0.1) is 5.92 Å². The van der Waals surface area contributed by atoms with Gasteiger partial charge in [-0.05, 0) is 49.3 Å². The second kappa shape index (κ2) is 5.90. The number of halogens is 2. The normalized spacial score (nSPS) is 21.5. The Hall–Kier alpha value is -0.500. The van der Waals surface area contributed by atoms with Gasteiger partial charge in [0.25, 0.3) is 0 Å². The largest absolute Gasteiger partial charge is 0.392 e. The van der Waals surface area contributed by atoms with E-state index in [0.29, 0.717) is 22.4 Å². The lowest BCUT2D eigenvalue weighted by molar-refractivity contribution is 0.102. The molecule has 92 valence electrons. The first kappa shape index (κ1) is 12.9. The predicted octanol–water partition coefficient (Wildman–Crippen LogP) is 4.25. The maximum Gasteiger partial charge on any atom is 0.0611 e. The molecule has 0 heterocycles. The summed E-state index contributed by atoms with van der Waals surface area (Å²) in [5.41, 5.74) is 1.04. The van der Waals surface area contributed by atoms with Crippen molar-refractivity contribution < 1.29 is 5.11 Å². The van der Waals surface area contributed by atoms with Crippen molar-refractivity contribution in [1.82, 2.24) is 0 Å². The zero-order valence-electron chi connectivity index (χ0n) is 9.57. The van der Waals surface area contributed by atoms with Gasteiger partial charge >= 0.3 is 0 Å². The van der Waals surface area contributed by atoms with Gasteiger partial charge in [-0.25, -0.2) is 0 Å². The average molecular weight is 271 g/mol. The second-order valence-corrected chi connectivity index (χ2v) is 5.38. The molecule has 2 atom stereocenters. The molecule has 0 saturated carbocycles. The number of hydrogen-bond donors (Lipinski definition) is 1. The Morgan fingerprint density at radius 2 is 2.06 bits per heavy atom. The third-order valence-corrected chi connectivity index (χ3v) is 4.02. The summed E-state index contributed by atoms with van der Waals surface area (Å²) in [6, 6.07) is 5.55. The molecule has 0 aromatic heterocycles. The number of aliphatic hydroxyl groups is 1. The van der Waals surface area contributed by atoms with Crippen LogP contribution in [-0.2, 0) is 6.42 Å². The number of aliphatic hydroxyl groups excluding tert-OH is 1. The Balaban J connectivity index is 1.99. The van der Waals surface area contributed by atoms with Crippen molar-refractivity contribution in [1.29, 1.82) is 0 Å². The molecule has 0 radical (unpaired) electrons. The van der Waals surface area contributed by atoms with Crippen LogP contribution in [0.3, 0.4) is 0 Å². The molecule has 17 heavy (non-hydrogen) atoms. The van der Waals surface area contributed by atoms with Crippen LogP contribution >= 0.6 is 23.2 Å².